The molecule has 1 aliphatic rings. The van der Waals surface area contributed by atoms with Crippen molar-refractivity contribution in [2.24, 2.45) is 0 Å². The predicted octanol–water partition coefficient (Wildman–Crippen LogP) is 4.02. The van der Waals surface area contributed by atoms with Crippen molar-refractivity contribution in [1.29, 1.82) is 0 Å². The van der Waals surface area contributed by atoms with Gasteiger partial charge < -0.3 is 10.1 Å². The first-order valence-electron chi connectivity index (χ1n) is 10.6. The van der Waals surface area contributed by atoms with Gasteiger partial charge in [0.2, 0.25) is 11.0 Å². The largest absolute Gasteiger partial charge is 0.497 e. The van der Waals surface area contributed by atoms with Gasteiger partial charge in [0.05, 0.1) is 19.2 Å². The summed E-state index contributed by atoms with van der Waals surface area (Å²) in [7, 11) is 1.50. The molecule has 1 atom stereocenters. The molecule has 1 unspecified atom stereocenters. The van der Waals surface area contributed by atoms with Crippen LogP contribution in [-0.4, -0.2) is 41.0 Å². The molecule has 1 heterocycles. The van der Waals surface area contributed by atoms with Gasteiger partial charge in [0, 0.05) is 16.3 Å². The molecule has 1 aliphatic heterocycles. The van der Waals surface area contributed by atoms with Crippen LogP contribution in [0.3, 0.4) is 0 Å². The molecule has 1 fully saturated rings. The van der Waals surface area contributed by atoms with Crippen LogP contribution < -0.4 is 20.4 Å². The van der Waals surface area contributed by atoms with Crippen LogP contribution in [0.5, 0.6) is 5.75 Å². The van der Waals surface area contributed by atoms with Gasteiger partial charge in [-0.15, -0.1) is 0 Å². The van der Waals surface area contributed by atoms with E-state index in [4.69, 9.17) is 28.6 Å². The fourth-order valence-corrected chi connectivity index (χ4v) is 4.16. The summed E-state index contributed by atoms with van der Waals surface area (Å²) in [5.41, 5.74) is 4.01. The Bertz CT molecular complexity index is 1290. The summed E-state index contributed by atoms with van der Waals surface area (Å²) in [6.45, 7) is 0. The number of ether oxygens (including phenoxy) is 1. The minimum absolute atomic E-state index is 0.0537. The first-order valence-corrected chi connectivity index (χ1v) is 11.4. The molecule has 8 nitrogen and oxygen atoms in total. The zero-order valence-corrected chi connectivity index (χ0v) is 20.2. The Balaban J connectivity index is 1.59. The number of hydrazine groups is 1. The van der Waals surface area contributed by atoms with Crippen molar-refractivity contribution in [2.75, 3.05) is 17.3 Å². The van der Waals surface area contributed by atoms with E-state index in [2.05, 4.69) is 10.7 Å². The van der Waals surface area contributed by atoms with Crippen molar-refractivity contribution < 1.29 is 19.1 Å². The standard InChI is InChI=1S/C25H21ClN4O4S/c1-34-20-12-5-7-16(13-20)23(32)28-30-21(15-22(31)27-18-9-6-8-17(26)14-18)24(33)29(25(30)35)19-10-3-2-4-11-19/h2-14,21H,15H2,1H3,(H,27,31)(H,28,32). The van der Waals surface area contributed by atoms with Crippen LogP contribution in [-0.2, 0) is 9.59 Å². The lowest BCUT2D eigenvalue weighted by atomic mass is 10.1. The third-order valence-corrected chi connectivity index (χ3v) is 5.88. The van der Waals surface area contributed by atoms with E-state index in [1.165, 1.54) is 17.0 Å². The zero-order valence-electron chi connectivity index (χ0n) is 18.6. The Morgan fingerprint density at radius 2 is 1.77 bits per heavy atom. The molecule has 2 N–H and O–H groups in total. The lowest BCUT2D eigenvalue weighted by Crippen LogP contribution is -2.49. The fraction of sp³-hybridized carbons (Fsp3) is 0.120. The SMILES string of the molecule is COc1cccc(C(=O)NN2C(=S)N(c3ccccc3)C(=O)C2CC(=O)Nc2cccc(Cl)c2)c1. The minimum atomic E-state index is -1.06. The molecular formula is C25H21ClN4O4S. The lowest BCUT2D eigenvalue weighted by molar-refractivity contribution is -0.124. The smallest absolute Gasteiger partial charge is 0.270 e. The highest BCUT2D eigenvalue weighted by Crippen LogP contribution is 2.26. The van der Waals surface area contributed by atoms with Gasteiger partial charge in [0.1, 0.15) is 11.8 Å². The quantitative estimate of drug-likeness (QED) is 0.468. The van der Waals surface area contributed by atoms with Gasteiger partial charge in [0.25, 0.3) is 11.8 Å². The van der Waals surface area contributed by atoms with Crippen molar-refractivity contribution in [3.63, 3.8) is 0 Å². The maximum Gasteiger partial charge on any atom is 0.270 e. The maximum atomic E-state index is 13.4. The molecule has 3 aromatic carbocycles. The molecule has 35 heavy (non-hydrogen) atoms. The molecule has 10 heteroatoms. The van der Waals surface area contributed by atoms with Gasteiger partial charge in [-0.2, -0.15) is 0 Å². The number of methoxy groups -OCH3 is 1. The number of nitrogens with zero attached hydrogens (tertiary/aromatic N) is 2. The second-order valence-electron chi connectivity index (χ2n) is 7.61. The second kappa shape index (κ2) is 10.5. The van der Waals surface area contributed by atoms with Gasteiger partial charge in [-0.05, 0) is 60.7 Å². The number of amides is 3. The van der Waals surface area contributed by atoms with Crippen molar-refractivity contribution in [1.82, 2.24) is 10.4 Å². The molecule has 0 bridgehead atoms. The molecule has 0 spiro atoms. The Labute approximate surface area is 212 Å². The maximum absolute atomic E-state index is 13.4. The number of thiocarbonyl (C=S) groups is 1. The number of carbonyl (C=O) groups excluding carboxylic acids is 3. The summed E-state index contributed by atoms with van der Waals surface area (Å²) >= 11 is 11.6. The van der Waals surface area contributed by atoms with Crippen LogP contribution >= 0.6 is 23.8 Å². The lowest BCUT2D eigenvalue weighted by Gasteiger charge is -2.24. The van der Waals surface area contributed by atoms with E-state index < -0.39 is 23.8 Å². The van der Waals surface area contributed by atoms with E-state index >= 15 is 0 Å². The monoisotopic (exact) mass is 508 g/mol. The zero-order chi connectivity index (χ0) is 24.9. The Morgan fingerprint density at radius 3 is 2.49 bits per heavy atom. The average Bonchev–Trinajstić information content (AvgIpc) is 3.08. The summed E-state index contributed by atoms with van der Waals surface area (Å²) in [6.07, 6.45) is -0.257. The van der Waals surface area contributed by atoms with Crippen LogP contribution in [0.25, 0.3) is 0 Å². The van der Waals surface area contributed by atoms with E-state index in [-0.39, 0.29) is 11.5 Å². The molecule has 0 saturated carbocycles. The highest BCUT2D eigenvalue weighted by molar-refractivity contribution is 7.80. The van der Waals surface area contributed by atoms with Gasteiger partial charge in [-0.1, -0.05) is 41.9 Å². The van der Waals surface area contributed by atoms with Crippen molar-refractivity contribution >= 4 is 58.0 Å². The average molecular weight is 509 g/mol. The molecule has 178 valence electrons. The number of benzene rings is 3. The van der Waals surface area contributed by atoms with Crippen molar-refractivity contribution in [3.8, 4) is 5.75 Å². The van der Waals surface area contributed by atoms with Gasteiger partial charge >= 0.3 is 0 Å². The summed E-state index contributed by atoms with van der Waals surface area (Å²) in [5.74, 6) is -0.882. The normalized spacial score (nSPS) is 15.2. The number of anilines is 2. The number of halogens is 1. The molecule has 3 amide bonds. The van der Waals surface area contributed by atoms with E-state index in [0.717, 1.165) is 0 Å². The number of carbonyl (C=O) groups is 3. The summed E-state index contributed by atoms with van der Waals surface area (Å²) < 4.78 is 5.18. The van der Waals surface area contributed by atoms with Crippen LogP contribution in [0.15, 0.2) is 78.9 Å². The molecule has 0 aliphatic carbocycles. The van der Waals surface area contributed by atoms with Gasteiger partial charge in [0.15, 0.2) is 0 Å². The molecule has 1 saturated heterocycles. The topological polar surface area (TPSA) is 91.0 Å². The third kappa shape index (κ3) is 5.42. The first kappa shape index (κ1) is 24.2. The highest BCUT2D eigenvalue weighted by Gasteiger charge is 2.45. The number of rotatable bonds is 7. The minimum Gasteiger partial charge on any atom is -0.497 e. The summed E-state index contributed by atoms with van der Waals surface area (Å²) in [6, 6.07) is 20.9. The molecule has 3 aromatic rings. The molecular weight excluding hydrogens is 488 g/mol. The number of para-hydroxylation sites is 1. The molecule has 0 radical (unpaired) electrons. The van der Waals surface area contributed by atoms with E-state index in [9.17, 15) is 14.4 Å². The van der Waals surface area contributed by atoms with Crippen molar-refractivity contribution in [2.45, 2.75) is 12.5 Å². The van der Waals surface area contributed by atoms with Crippen LogP contribution in [0.4, 0.5) is 11.4 Å². The number of hydrogen-bond donors (Lipinski definition) is 2. The van der Waals surface area contributed by atoms with E-state index in [1.807, 2.05) is 6.07 Å². The Hall–Kier alpha value is -3.95. The molecule has 4 rings (SSSR count). The third-order valence-electron chi connectivity index (χ3n) is 5.27. The number of hydrogen-bond acceptors (Lipinski definition) is 5. The van der Waals surface area contributed by atoms with E-state index in [1.54, 1.807) is 72.8 Å². The van der Waals surface area contributed by atoms with Crippen molar-refractivity contribution in [3.05, 3.63) is 89.4 Å². The summed E-state index contributed by atoms with van der Waals surface area (Å²) in [4.78, 5) is 40.6. The van der Waals surface area contributed by atoms with Crippen LogP contribution in [0, 0.1) is 0 Å². The van der Waals surface area contributed by atoms with Gasteiger partial charge in [-0.25, -0.2) is 5.01 Å². The second-order valence-corrected chi connectivity index (χ2v) is 8.41. The van der Waals surface area contributed by atoms with Crippen LogP contribution in [0.1, 0.15) is 16.8 Å². The predicted molar refractivity (Wildman–Crippen MR) is 137 cm³/mol. The molecule has 0 aromatic heterocycles. The summed E-state index contributed by atoms with van der Waals surface area (Å²) in [5, 5.41) is 4.50. The Morgan fingerprint density at radius 1 is 1.03 bits per heavy atom. The van der Waals surface area contributed by atoms with Crippen LogP contribution in [0.2, 0.25) is 5.02 Å². The number of nitrogens with one attached hydrogen (secondary N) is 2. The highest BCUT2D eigenvalue weighted by atomic mass is 35.5. The van der Waals surface area contributed by atoms with E-state index in [0.29, 0.717) is 27.7 Å². The first-order chi connectivity index (χ1) is 16.9. The van der Waals surface area contributed by atoms with Gasteiger partial charge in [-0.3, -0.25) is 24.7 Å². The fourth-order valence-electron chi connectivity index (χ4n) is 3.61. The Kier molecular flexibility index (Phi) is 7.28.